The van der Waals surface area contributed by atoms with Crippen molar-refractivity contribution >= 4 is 198 Å². The van der Waals surface area contributed by atoms with Crippen LogP contribution in [0.5, 0.6) is 34.5 Å². The second-order valence-corrected chi connectivity index (χ2v) is 59.9. The summed E-state index contributed by atoms with van der Waals surface area (Å²) in [6.07, 6.45) is 15.5. The molecule has 0 bridgehead atoms. The summed E-state index contributed by atoms with van der Waals surface area (Å²) in [6.45, 7) is 35.5. The molecule has 0 unspecified atom stereocenters. The van der Waals surface area contributed by atoms with Crippen molar-refractivity contribution in [2.75, 3.05) is 11.5 Å². The van der Waals surface area contributed by atoms with Crippen molar-refractivity contribution in [2.24, 2.45) is 0 Å². The molecule has 0 saturated carbocycles. The number of rotatable bonds is 6. The molecule has 115 heavy (non-hydrogen) atoms. The van der Waals surface area contributed by atoms with Gasteiger partial charge >= 0.3 is 64.9 Å². The summed E-state index contributed by atoms with van der Waals surface area (Å²) in [4.78, 5) is 48.2. The van der Waals surface area contributed by atoms with E-state index < -0.39 is 33.0 Å². The fraction of sp³-hybridized carbons (Fsp3) is 0.260. The van der Waals surface area contributed by atoms with Gasteiger partial charge in [0, 0.05) is 88.3 Å². The van der Waals surface area contributed by atoms with Crippen molar-refractivity contribution in [1.82, 2.24) is 19.9 Å². The van der Waals surface area contributed by atoms with Crippen LogP contribution in [0.15, 0.2) is 158 Å². The van der Waals surface area contributed by atoms with E-state index in [1.165, 1.54) is 52.3 Å². The molecule has 4 aromatic carbocycles. The Morgan fingerprint density at radius 2 is 0.774 bits per heavy atom. The minimum atomic E-state index is -0.987. The number of nitrogens with zero attached hydrogens (tertiary/aromatic N) is 6. The Kier molecular flexibility index (Phi) is 85.1. The predicted molar refractivity (Wildman–Crippen MR) is 488 cm³/mol. The first-order chi connectivity index (χ1) is 50.0. The second kappa shape index (κ2) is 75.2. The van der Waals surface area contributed by atoms with E-state index in [0.29, 0.717) is 17.5 Å². The maximum absolute atomic E-state index is 13.9. The number of nitrogens with two attached hydrogens (primary N) is 2. The van der Waals surface area contributed by atoms with Gasteiger partial charge in [-0.3, -0.25) is 40.2 Å². The number of aryl methyl sites for hydroxylation is 3. The molecule has 8 heterocycles. The number of phenolic OH excluding ortho intramolecular Hbond substituents is 2. The Morgan fingerprint density at radius 3 is 1.11 bits per heavy atom. The Hall–Kier alpha value is -14.3. The minimum absolute atomic E-state index is 0. The van der Waals surface area contributed by atoms with Crippen LogP contribution in [0.1, 0.15) is 140 Å². The first-order valence-electron chi connectivity index (χ1n) is 31.9. The monoisotopic (exact) mass is 4120 g/mol. The number of pyridine rings is 4. The molecule has 0 atom stereocenters. The number of nitro benzene ring substituents is 2. The van der Waals surface area contributed by atoms with Gasteiger partial charge in [-0.25, -0.2) is 13.2 Å². The predicted octanol–water partition coefficient (Wildman–Crippen LogP) is 30.5. The number of fused-ring (bicyclic) bond motifs is 4. The zero-order chi connectivity index (χ0) is 80.7. The number of aromatic hydroxyl groups is 2. The molecule has 0 spiro atoms. The first-order valence-corrected chi connectivity index (χ1v) is 49.5. The number of benzene rings is 4. The maximum Gasteiger partial charge on any atom is 0 e. The molecule has 0 aliphatic carbocycles. The molecule has 0 amide bonds. The molecule has 0 fully saturated rings. The van der Waals surface area contributed by atoms with Gasteiger partial charge in [-0.15, -0.1) is 45.3 Å². The third-order valence-electron chi connectivity index (χ3n) is 10.3. The van der Waals surface area contributed by atoms with E-state index in [-0.39, 0.29) is 49.8 Å². The van der Waals surface area contributed by atoms with E-state index in [0.717, 1.165) is 104 Å². The Bertz CT molecular complexity index is 4420. The first kappa shape index (κ1) is 130. The molecule has 12 rings (SSSR count). The number of ether oxygens (including phenoxy) is 2. The van der Waals surface area contributed by atoms with Crippen LogP contribution in [0.4, 0.5) is 35.9 Å². The van der Waals surface area contributed by atoms with Crippen molar-refractivity contribution in [3.05, 3.63) is 246 Å². The third-order valence-corrected chi connectivity index (χ3v) is 15.3. The molecule has 17 nitrogen and oxygen atoms in total. The quantitative estimate of drug-likeness (QED) is 0.0229. The number of hydrogen-bond donors (Lipinski definition) is 4. The van der Waals surface area contributed by atoms with Gasteiger partial charge < -0.3 is 61.6 Å². The maximum atomic E-state index is 13.9. The van der Waals surface area contributed by atoms with Crippen molar-refractivity contribution in [3.63, 3.8) is 0 Å². The fourth-order valence-corrected chi connectivity index (χ4v) is 10.7. The molecule has 0 aliphatic rings. The number of non-ortho nitro benzene ring substituents is 2. The van der Waals surface area contributed by atoms with Crippen molar-refractivity contribution in [3.8, 4) is 34.5 Å². The molecular weight excluding hydrogens is 4000 g/mol. The van der Waals surface area contributed by atoms with Gasteiger partial charge in [0.2, 0.25) is 0 Å². The number of phenols is 2. The number of thiophene rings is 4. The number of aromatic nitrogens is 4. The molecule has 8 aromatic heterocycles. The van der Waals surface area contributed by atoms with Crippen LogP contribution in [-0.4, -0.2) is 46.3 Å². The molecule has 38 heteroatoms. The van der Waals surface area contributed by atoms with Crippen LogP contribution in [0, 0.1) is 84.1 Å². The topological polar surface area (TPSA) is 266 Å². The van der Waals surface area contributed by atoms with E-state index in [9.17, 15) is 33.4 Å². The Labute approximate surface area is 702 Å². The van der Waals surface area contributed by atoms with E-state index in [1.54, 1.807) is 70.9 Å². The molecule has 0 radical (unpaired) electrons. The number of hydrogen-bond acceptors (Lipinski definition) is 19. The van der Waals surface area contributed by atoms with Crippen LogP contribution in [0.2, 0.25) is 10.0 Å². The molecule has 0 saturated heterocycles. The third kappa shape index (κ3) is 51.0. The van der Waals surface area contributed by atoms with Gasteiger partial charge in [0.1, 0.15) is 23.5 Å². The van der Waals surface area contributed by atoms with E-state index in [4.69, 9.17) is 59.2 Å². The molecule has 12 aromatic rings. The van der Waals surface area contributed by atoms with Crippen molar-refractivity contribution in [1.29, 1.82) is 0 Å². The molecular formula is C77H109Cl2F3I3N8O9Rf8S4V-4. The summed E-state index contributed by atoms with van der Waals surface area (Å²) in [5.41, 5.74) is 14.9. The summed E-state index contributed by atoms with van der Waals surface area (Å²) in [6, 6.07) is 32.1. The summed E-state index contributed by atoms with van der Waals surface area (Å²) in [5, 5.41) is 41.4. The van der Waals surface area contributed by atoms with E-state index in [1.807, 2.05) is 190 Å². The van der Waals surface area contributed by atoms with Crippen molar-refractivity contribution in [2.45, 2.75) is 139 Å². The van der Waals surface area contributed by atoms with Gasteiger partial charge in [0.25, 0.3) is 11.4 Å². The smallest absolute Gasteiger partial charge is 0 e. The average Bonchev–Trinajstić information content (AvgIpc) is 1.67. The summed E-state index contributed by atoms with van der Waals surface area (Å²) < 4.78 is 54.0. The Balaban J connectivity index is -0.0000000610. The van der Waals surface area contributed by atoms with Crippen LogP contribution in [0.3, 0.4) is 0 Å². The number of anilines is 2. The molecule has 616 valence electrons. The summed E-state index contributed by atoms with van der Waals surface area (Å²) in [5.74, 6) is -1.37. The minimum Gasteiger partial charge on any atom is 0 e. The molecule has 6 N–H and O–H groups in total. The van der Waals surface area contributed by atoms with Gasteiger partial charge in [0.15, 0.2) is 34.7 Å². The van der Waals surface area contributed by atoms with Crippen molar-refractivity contribution < 1.29 is 59.6 Å². The summed E-state index contributed by atoms with van der Waals surface area (Å²) in [7, 11) is 0. The number of halogens is 8. The van der Waals surface area contributed by atoms with Gasteiger partial charge in [-0.1, -0.05) is 79.6 Å². The number of carbonyl (C=O) groups is 1. The Morgan fingerprint density at radius 1 is 0.470 bits per heavy atom. The van der Waals surface area contributed by atoms with E-state index in [2.05, 4.69) is 99.8 Å². The number of carbonyl (C=O) groups excluding carboxylic acids is 1. The zero-order valence-corrected chi connectivity index (χ0v) is 131. The van der Waals surface area contributed by atoms with Crippen LogP contribution in [-0.2, 0) is 9.72 Å². The van der Waals surface area contributed by atoms with E-state index >= 15 is 0 Å². The normalized spacial score (nSPS) is 8.44. The van der Waals surface area contributed by atoms with Crippen LogP contribution in [0.25, 0.3) is 40.9 Å². The SMILES string of the molecule is C.C.CC.CC.CC.CC=O.C[CH-]C.C[CH-]C.C[CH-]C.C[CH-]C.Cc1cc2nccc(Cl)c2s1.Cc1cc2nccc(Oc3ccc(N)cc3)c2s1.Cc1cc2nccc(Oc3ccc([N+](=O)[O-])cc3F)c2s1.Clc1ccnc2ccsc12.Nc1ccc(O)c(F)c1.O=[N+]([O-])c1ccc(O)c(F)c1.[2HH].[2HH].[2HH].[2HH].[2HH].[I][V]([I])[I].[Rf].[Rf].[Rf].[Rf].[Rf].[Rf].[Rf].[Rf]. The molecule has 0 aliphatic heterocycles. The second-order valence-electron chi connectivity index (χ2n) is 19.0. The van der Waals surface area contributed by atoms with Gasteiger partial charge in [-0.05, 0) is 118 Å². The summed E-state index contributed by atoms with van der Waals surface area (Å²) >= 11 is 25.7. The fourth-order valence-electron chi connectivity index (χ4n) is 6.70. The number of nitrogen functional groups attached to an aromatic ring is 2. The van der Waals surface area contributed by atoms with Crippen LogP contribution < -0.4 is 20.9 Å². The van der Waals surface area contributed by atoms with Gasteiger partial charge in [-0.2, -0.15) is 55.4 Å². The van der Waals surface area contributed by atoms with Crippen LogP contribution >= 0.6 is 128 Å². The zero-order valence-electron chi connectivity index (χ0n) is 67.2. The standard InChI is InChI=1S/C14H9FN2O3S.C14H12N2OS.C8H6ClNS.C7H4ClNS.C6H4FNO3.C6H6FNO.4C3H7.C2H4O.3C2H6.2CH4.3HI.8Rf.V.5H2/c1-8-6-11-14(21-8)13(4-5-16-11)20-12-3-2-9(17(18)19)7-10(12)15;1-9-8-12-14(18-9)13(6-7-16-12)17-11-4-2-10(15)3-5-11;1-5-4-7-8(11-5)6(9)2-3-10-7;8-5-1-3-9-6-2-4-10-7(5)6;7-5-3-4(8(10)11)1-2-6(5)9;7-5-3-4(8)1-2-6(5)9;4*1-3-2;1-2-3;3*1-2;;;;;;;;;;;;;;;;;;;/h2-7H,1H3;2-8H,15H2,1H3;2-4H,1H3;1-4H;1-3,9H;1-3,9H,8H2;4*3H,1-2H3;2H,1H3;3*1-2H3;2*1H4;3*1H;;;;;;;;;;5*1H/q;;;;;;4*-1;;;;;;;;;;;;;;;;;;+3;;;;;/p-3/i;;;;;;;;;;;;;;;;;;;;;;;;;;;;5*1+1. The van der Waals surface area contributed by atoms with Gasteiger partial charge in [0.05, 0.1) is 72.9 Å². The number of aldehydes is 1. The number of nitro groups is 2. The largest absolute Gasteiger partial charge is 0 e. The average molecular weight is 4120 g/mol.